The van der Waals surface area contributed by atoms with E-state index in [0.29, 0.717) is 6.04 Å². The number of likely N-dealkylation sites (tertiary alicyclic amines) is 1. The molecular weight excluding hydrogens is 372 g/mol. The summed E-state index contributed by atoms with van der Waals surface area (Å²) in [5, 5.41) is 9.76. The molecule has 0 spiro atoms. The maximum Gasteiger partial charge on any atom is 0.191 e. The first kappa shape index (κ1) is 21.1. The zero-order valence-electron chi connectivity index (χ0n) is 18.3. The standard InChI is InChI=1S/C25H36N4O/c1-2-26-25(27-14-10-22-8-5-7-21-6-3-4-9-24(21)22)28-23-11-15-29(16-12-23)18-20-13-17-30-19-20/h3-9,20,23H,2,10-19H2,1H3,(H2,26,27,28). The molecule has 0 radical (unpaired) electrons. The lowest BCUT2D eigenvalue weighted by Crippen LogP contribution is -2.49. The number of benzene rings is 2. The number of hydrogen-bond acceptors (Lipinski definition) is 3. The predicted molar refractivity (Wildman–Crippen MR) is 125 cm³/mol. The van der Waals surface area contributed by atoms with Gasteiger partial charge in [-0.15, -0.1) is 0 Å². The Morgan fingerprint density at radius 2 is 1.93 bits per heavy atom. The molecule has 2 aliphatic heterocycles. The molecule has 1 atom stereocenters. The van der Waals surface area contributed by atoms with Gasteiger partial charge >= 0.3 is 0 Å². The Bertz CT molecular complexity index is 818. The highest BCUT2D eigenvalue weighted by atomic mass is 16.5. The molecule has 2 saturated heterocycles. The highest BCUT2D eigenvalue weighted by Crippen LogP contribution is 2.19. The third kappa shape index (κ3) is 5.73. The summed E-state index contributed by atoms with van der Waals surface area (Å²) < 4.78 is 5.53. The van der Waals surface area contributed by atoms with E-state index >= 15 is 0 Å². The van der Waals surface area contributed by atoms with Gasteiger partial charge in [0, 0.05) is 45.4 Å². The minimum absolute atomic E-state index is 0.511. The van der Waals surface area contributed by atoms with E-state index in [1.807, 2.05) is 0 Å². The van der Waals surface area contributed by atoms with Gasteiger partial charge in [0.25, 0.3) is 0 Å². The van der Waals surface area contributed by atoms with E-state index in [4.69, 9.17) is 9.73 Å². The van der Waals surface area contributed by atoms with Crippen molar-refractivity contribution in [2.75, 3.05) is 45.9 Å². The van der Waals surface area contributed by atoms with Crippen molar-refractivity contribution in [2.24, 2.45) is 10.9 Å². The number of nitrogens with one attached hydrogen (secondary N) is 2. The van der Waals surface area contributed by atoms with Crippen molar-refractivity contribution in [3.8, 4) is 0 Å². The van der Waals surface area contributed by atoms with Crippen LogP contribution < -0.4 is 10.6 Å². The molecule has 5 heteroatoms. The minimum Gasteiger partial charge on any atom is -0.381 e. The van der Waals surface area contributed by atoms with Gasteiger partial charge in [-0.2, -0.15) is 0 Å². The van der Waals surface area contributed by atoms with Crippen molar-refractivity contribution in [1.29, 1.82) is 0 Å². The normalized spacial score (nSPS) is 21.2. The molecule has 2 aliphatic rings. The van der Waals surface area contributed by atoms with Gasteiger partial charge in [0.05, 0.1) is 6.61 Å². The van der Waals surface area contributed by atoms with Crippen LogP contribution in [0.15, 0.2) is 47.5 Å². The summed E-state index contributed by atoms with van der Waals surface area (Å²) in [7, 11) is 0. The molecule has 2 aromatic rings. The first-order chi connectivity index (χ1) is 14.8. The molecule has 162 valence electrons. The van der Waals surface area contributed by atoms with Crippen molar-refractivity contribution >= 4 is 16.7 Å². The molecule has 0 bridgehead atoms. The number of ether oxygens (including phenoxy) is 1. The van der Waals surface area contributed by atoms with Crippen LogP contribution in [0.25, 0.3) is 10.8 Å². The number of aliphatic imine (C=N–C) groups is 1. The zero-order chi connectivity index (χ0) is 20.6. The Morgan fingerprint density at radius 3 is 2.73 bits per heavy atom. The second-order valence-corrected chi connectivity index (χ2v) is 8.60. The van der Waals surface area contributed by atoms with Gasteiger partial charge in [0.2, 0.25) is 0 Å². The lowest BCUT2D eigenvalue weighted by molar-refractivity contribution is 0.150. The lowest BCUT2D eigenvalue weighted by Gasteiger charge is -2.34. The molecule has 2 aromatic carbocycles. The van der Waals surface area contributed by atoms with Crippen LogP contribution in [0, 0.1) is 5.92 Å². The van der Waals surface area contributed by atoms with Crippen LogP contribution in [0.2, 0.25) is 0 Å². The largest absolute Gasteiger partial charge is 0.381 e. The number of guanidine groups is 1. The average Bonchev–Trinajstić information content (AvgIpc) is 3.28. The van der Waals surface area contributed by atoms with Gasteiger partial charge in [-0.25, -0.2) is 0 Å². The summed E-state index contributed by atoms with van der Waals surface area (Å²) in [6, 6.07) is 15.7. The van der Waals surface area contributed by atoms with Crippen LogP contribution in [0.1, 0.15) is 31.7 Å². The van der Waals surface area contributed by atoms with Crippen molar-refractivity contribution in [3.05, 3.63) is 48.0 Å². The van der Waals surface area contributed by atoms with E-state index in [1.165, 1.54) is 55.2 Å². The van der Waals surface area contributed by atoms with Crippen LogP contribution in [0.5, 0.6) is 0 Å². The van der Waals surface area contributed by atoms with E-state index in [2.05, 4.69) is 64.9 Å². The van der Waals surface area contributed by atoms with Crippen LogP contribution >= 0.6 is 0 Å². The molecule has 0 aliphatic carbocycles. The second kappa shape index (κ2) is 10.8. The summed E-state index contributed by atoms with van der Waals surface area (Å²) in [4.78, 5) is 7.49. The molecule has 2 heterocycles. The highest BCUT2D eigenvalue weighted by Gasteiger charge is 2.24. The minimum atomic E-state index is 0.511. The van der Waals surface area contributed by atoms with Gasteiger partial charge in [-0.1, -0.05) is 42.5 Å². The topological polar surface area (TPSA) is 48.9 Å². The summed E-state index contributed by atoms with van der Waals surface area (Å²) in [5.41, 5.74) is 1.37. The number of fused-ring (bicyclic) bond motifs is 1. The van der Waals surface area contributed by atoms with E-state index in [1.54, 1.807) is 0 Å². The van der Waals surface area contributed by atoms with Gasteiger partial charge in [-0.3, -0.25) is 4.99 Å². The Morgan fingerprint density at radius 1 is 1.10 bits per heavy atom. The fraction of sp³-hybridized carbons (Fsp3) is 0.560. The summed E-state index contributed by atoms with van der Waals surface area (Å²) in [5.74, 6) is 1.70. The average molecular weight is 409 g/mol. The third-order valence-electron chi connectivity index (χ3n) is 6.34. The van der Waals surface area contributed by atoms with Crippen LogP contribution in [-0.2, 0) is 11.2 Å². The van der Waals surface area contributed by atoms with Crippen LogP contribution in [0.4, 0.5) is 0 Å². The molecular formula is C25H36N4O. The van der Waals surface area contributed by atoms with E-state index in [9.17, 15) is 0 Å². The molecule has 0 saturated carbocycles. The number of piperidine rings is 1. The monoisotopic (exact) mass is 408 g/mol. The SMILES string of the molecule is CCNC(=NCCc1cccc2ccccc12)NC1CCN(CC2CCOC2)CC1. The van der Waals surface area contributed by atoms with Crippen molar-refractivity contribution < 1.29 is 4.74 Å². The van der Waals surface area contributed by atoms with E-state index in [0.717, 1.165) is 44.6 Å². The molecule has 2 N–H and O–H groups in total. The van der Waals surface area contributed by atoms with E-state index < -0.39 is 0 Å². The lowest BCUT2D eigenvalue weighted by atomic mass is 10.0. The van der Waals surface area contributed by atoms with Crippen molar-refractivity contribution in [1.82, 2.24) is 15.5 Å². The van der Waals surface area contributed by atoms with Gasteiger partial charge in [0.1, 0.15) is 0 Å². The predicted octanol–water partition coefficient (Wildman–Crippen LogP) is 3.44. The maximum absolute atomic E-state index is 5.53. The molecule has 30 heavy (non-hydrogen) atoms. The fourth-order valence-corrected chi connectivity index (χ4v) is 4.66. The molecule has 0 amide bonds. The number of rotatable bonds is 7. The third-order valence-corrected chi connectivity index (χ3v) is 6.34. The smallest absolute Gasteiger partial charge is 0.191 e. The maximum atomic E-state index is 5.53. The summed E-state index contributed by atoms with van der Waals surface area (Å²) in [6.07, 6.45) is 4.55. The van der Waals surface area contributed by atoms with Gasteiger partial charge in [-0.05, 0) is 54.9 Å². The zero-order valence-corrected chi connectivity index (χ0v) is 18.3. The molecule has 0 aromatic heterocycles. The molecule has 4 rings (SSSR count). The fourth-order valence-electron chi connectivity index (χ4n) is 4.66. The number of hydrogen-bond donors (Lipinski definition) is 2. The quantitative estimate of drug-likeness (QED) is 0.544. The summed E-state index contributed by atoms with van der Waals surface area (Å²) >= 11 is 0. The molecule has 2 fully saturated rings. The van der Waals surface area contributed by atoms with Crippen LogP contribution in [0.3, 0.4) is 0 Å². The summed E-state index contributed by atoms with van der Waals surface area (Å²) in [6.45, 7) is 9.26. The van der Waals surface area contributed by atoms with Crippen molar-refractivity contribution in [2.45, 2.75) is 38.6 Å². The van der Waals surface area contributed by atoms with Crippen molar-refractivity contribution in [3.63, 3.8) is 0 Å². The number of nitrogens with zero attached hydrogens (tertiary/aromatic N) is 2. The Kier molecular flexibility index (Phi) is 7.59. The molecule has 5 nitrogen and oxygen atoms in total. The Balaban J connectivity index is 1.27. The Hall–Kier alpha value is -2.11. The van der Waals surface area contributed by atoms with Crippen LogP contribution in [-0.4, -0.2) is 62.8 Å². The second-order valence-electron chi connectivity index (χ2n) is 8.60. The first-order valence-corrected chi connectivity index (χ1v) is 11.6. The van der Waals surface area contributed by atoms with E-state index in [-0.39, 0.29) is 0 Å². The van der Waals surface area contributed by atoms with Gasteiger partial charge in [0.15, 0.2) is 5.96 Å². The Labute approximate surface area is 180 Å². The highest BCUT2D eigenvalue weighted by molar-refractivity contribution is 5.85. The van der Waals surface area contributed by atoms with Gasteiger partial charge < -0.3 is 20.3 Å². The first-order valence-electron chi connectivity index (χ1n) is 11.6. The molecule has 1 unspecified atom stereocenters.